The standard InChI is InChI=1S/C17H24N2S/c1-3-10-18-16(8-7-14-9-12-20-13-14)17-15(4-2)6-5-11-19-17/h5-6,9,11-13,16,18H,3-4,7-8,10H2,1-2H3. The van der Waals surface area contributed by atoms with E-state index in [0.29, 0.717) is 6.04 Å². The van der Waals surface area contributed by atoms with Crippen molar-refractivity contribution in [1.29, 1.82) is 0 Å². The molecule has 2 heterocycles. The molecule has 0 bridgehead atoms. The van der Waals surface area contributed by atoms with Crippen molar-refractivity contribution < 1.29 is 0 Å². The summed E-state index contributed by atoms with van der Waals surface area (Å²) in [5, 5.41) is 8.06. The Morgan fingerprint density at radius 2 is 2.20 bits per heavy atom. The van der Waals surface area contributed by atoms with E-state index in [2.05, 4.69) is 47.0 Å². The summed E-state index contributed by atoms with van der Waals surface area (Å²) in [4.78, 5) is 4.64. The first-order valence-electron chi connectivity index (χ1n) is 7.53. The SMILES string of the molecule is CCCNC(CCc1ccsc1)c1ncccc1CC. The maximum Gasteiger partial charge on any atom is 0.0605 e. The number of nitrogens with zero attached hydrogens (tertiary/aromatic N) is 1. The third kappa shape index (κ3) is 4.15. The first-order chi connectivity index (χ1) is 9.85. The van der Waals surface area contributed by atoms with Crippen LogP contribution < -0.4 is 5.32 Å². The van der Waals surface area contributed by atoms with Gasteiger partial charge in [0, 0.05) is 6.20 Å². The van der Waals surface area contributed by atoms with E-state index < -0.39 is 0 Å². The van der Waals surface area contributed by atoms with Crippen LogP contribution in [0.2, 0.25) is 0 Å². The molecule has 2 rings (SSSR count). The van der Waals surface area contributed by atoms with Gasteiger partial charge in [-0.3, -0.25) is 4.98 Å². The van der Waals surface area contributed by atoms with E-state index in [9.17, 15) is 0 Å². The van der Waals surface area contributed by atoms with Gasteiger partial charge in [0.2, 0.25) is 0 Å². The molecule has 0 spiro atoms. The van der Waals surface area contributed by atoms with Crippen LogP contribution in [0.3, 0.4) is 0 Å². The minimum absolute atomic E-state index is 0.367. The summed E-state index contributed by atoms with van der Waals surface area (Å²) in [7, 11) is 0. The Labute approximate surface area is 126 Å². The predicted molar refractivity (Wildman–Crippen MR) is 87.3 cm³/mol. The summed E-state index contributed by atoms with van der Waals surface area (Å²) in [6.07, 6.45) is 6.35. The molecule has 0 aliphatic carbocycles. The molecule has 2 aromatic heterocycles. The maximum atomic E-state index is 4.64. The van der Waals surface area contributed by atoms with Gasteiger partial charge in [-0.15, -0.1) is 0 Å². The van der Waals surface area contributed by atoms with Crippen molar-refractivity contribution >= 4 is 11.3 Å². The molecule has 0 aliphatic heterocycles. The van der Waals surface area contributed by atoms with Crippen LogP contribution in [0.25, 0.3) is 0 Å². The number of aryl methyl sites for hydroxylation is 2. The molecule has 0 saturated carbocycles. The maximum absolute atomic E-state index is 4.64. The van der Waals surface area contributed by atoms with Crippen molar-refractivity contribution in [3.8, 4) is 0 Å². The molecule has 1 N–H and O–H groups in total. The van der Waals surface area contributed by atoms with Gasteiger partial charge in [-0.25, -0.2) is 0 Å². The van der Waals surface area contributed by atoms with E-state index in [1.165, 1.54) is 16.8 Å². The normalized spacial score (nSPS) is 12.5. The van der Waals surface area contributed by atoms with Crippen LogP contribution in [0.5, 0.6) is 0 Å². The van der Waals surface area contributed by atoms with E-state index >= 15 is 0 Å². The van der Waals surface area contributed by atoms with E-state index in [1.54, 1.807) is 11.3 Å². The molecule has 108 valence electrons. The molecule has 2 nitrogen and oxygen atoms in total. The molecular weight excluding hydrogens is 264 g/mol. The summed E-state index contributed by atoms with van der Waals surface area (Å²) in [6, 6.07) is 6.83. The molecule has 1 unspecified atom stereocenters. The van der Waals surface area contributed by atoms with E-state index in [4.69, 9.17) is 0 Å². The van der Waals surface area contributed by atoms with Gasteiger partial charge >= 0.3 is 0 Å². The van der Waals surface area contributed by atoms with E-state index in [-0.39, 0.29) is 0 Å². The van der Waals surface area contributed by atoms with Gasteiger partial charge in [-0.05, 0) is 66.2 Å². The fraction of sp³-hybridized carbons (Fsp3) is 0.471. The van der Waals surface area contributed by atoms with Crippen LogP contribution in [-0.2, 0) is 12.8 Å². The van der Waals surface area contributed by atoms with Crippen LogP contribution in [0, 0.1) is 0 Å². The molecule has 0 amide bonds. The van der Waals surface area contributed by atoms with Gasteiger partial charge in [0.05, 0.1) is 11.7 Å². The lowest BCUT2D eigenvalue weighted by molar-refractivity contribution is 0.485. The topological polar surface area (TPSA) is 24.9 Å². The Bertz CT molecular complexity index is 493. The molecular formula is C17H24N2S. The predicted octanol–water partition coefficient (Wildman–Crippen LogP) is 4.38. The Balaban J connectivity index is 2.09. The lowest BCUT2D eigenvalue weighted by Crippen LogP contribution is -2.24. The van der Waals surface area contributed by atoms with Crippen LogP contribution in [0.15, 0.2) is 35.2 Å². The minimum atomic E-state index is 0.367. The van der Waals surface area contributed by atoms with Crippen LogP contribution in [-0.4, -0.2) is 11.5 Å². The van der Waals surface area contributed by atoms with Crippen molar-refractivity contribution in [3.63, 3.8) is 0 Å². The number of thiophene rings is 1. The molecule has 0 radical (unpaired) electrons. The number of hydrogen-bond acceptors (Lipinski definition) is 3. The average Bonchev–Trinajstić information content (AvgIpc) is 3.01. The van der Waals surface area contributed by atoms with Crippen molar-refractivity contribution in [1.82, 2.24) is 10.3 Å². The van der Waals surface area contributed by atoms with Gasteiger partial charge in [0.1, 0.15) is 0 Å². The largest absolute Gasteiger partial charge is 0.309 e. The summed E-state index contributed by atoms with van der Waals surface area (Å²) >= 11 is 1.78. The highest BCUT2D eigenvalue weighted by Gasteiger charge is 2.15. The lowest BCUT2D eigenvalue weighted by Gasteiger charge is -2.20. The van der Waals surface area contributed by atoms with Crippen LogP contribution in [0.1, 0.15) is 49.6 Å². The molecule has 0 aromatic carbocycles. The third-order valence-corrected chi connectivity index (χ3v) is 4.31. The second-order valence-electron chi connectivity index (χ2n) is 5.08. The Morgan fingerprint density at radius 3 is 2.90 bits per heavy atom. The van der Waals surface area contributed by atoms with Crippen molar-refractivity contribution in [2.75, 3.05) is 6.54 Å². The van der Waals surface area contributed by atoms with Gasteiger partial charge in [0.25, 0.3) is 0 Å². The van der Waals surface area contributed by atoms with Crippen molar-refractivity contribution in [2.45, 2.75) is 45.6 Å². The monoisotopic (exact) mass is 288 g/mol. The smallest absolute Gasteiger partial charge is 0.0605 e. The summed E-state index contributed by atoms with van der Waals surface area (Å²) in [5.41, 5.74) is 4.04. The highest BCUT2D eigenvalue weighted by molar-refractivity contribution is 7.07. The first-order valence-corrected chi connectivity index (χ1v) is 8.47. The van der Waals surface area contributed by atoms with Crippen LogP contribution in [0.4, 0.5) is 0 Å². The average molecular weight is 288 g/mol. The molecule has 0 aliphatic rings. The second kappa shape index (κ2) is 8.18. The fourth-order valence-corrected chi connectivity index (χ4v) is 3.17. The second-order valence-corrected chi connectivity index (χ2v) is 5.86. The van der Waals surface area contributed by atoms with Gasteiger partial charge in [-0.2, -0.15) is 11.3 Å². The number of rotatable bonds is 8. The van der Waals surface area contributed by atoms with Crippen molar-refractivity contribution in [3.05, 3.63) is 52.0 Å². The number of nitrogens with one attached hydrogen (secondary N) is 1. The Hall–Kier alpha value is -1.19. The zero-order valence-electron chi connectivity index (χ0n) is 12.4. The third-order valence-electron chi connectivity index (χ3n) is 3.58. The molecule has 0 saturated heterocycles. The van der Waals surface area contributed by atoms with Gasteiger partial charge in [-0.1, -0.05) is 19.9 Å². The highest BCUT2D eigenvalue weighted by Crippen LogP contribution is 2.22. The fourth-order valence-electron chi connectivity index (χ4n) is 2.46. The Kier molecular flexibility index (Phi) is 6.22. The first kappa shape index (κ1) is 15.2. The molecule has 0 fully saturated rings. The summed E-state index contributed by atoms with van der Waals surface area (Å²) in [6.45, 7) is 5.46. The van der Waals surface area contributed by atoms with Gasteiger partial charge < -0.3 is 5.32 Å². The van der Waals surface area contributed by atoms with E-state index in [1.807, 2.05) is 12.3 Å². The molecule has 2 aromatic rings. The zero-order valence-corrected chi connectivity index (χ0v) is 13.2. The Morgan fingerprint density at radius 1 is 1.30 bits per heavy atom. The van der Waals surface area contributed by atoms with E-state index in [0.717, 1.165) is 32.2 Å². The molecule has 3 heteroatoms. The zero-order chi connectivity index (χ0) is 14.2. The lowest BCUT2D eigenvalue weighted by atomic mass is 9.99. The quantitative estimate of drug-likeness (QED) is 0.779. The summed E-state index contributed by atoms with van der Waals surface area (Å²) in [5.74, 6) is 0. The van der Waals surface area contributed by atoms with Crippen LogP contribution >= 0.6 is 11.3 Å². The number of pyridine rings is 1. The molecule has 1 atom stereocenters. The number of hydrogen-bond donors (Lipinski definition) is 1. The highest BCUT2D eigenvalue weighted by atomic mass is 32.1. The minimum Gasteiger partial charge on any atom is -0.309 e. The number of aromatic nitrogens is 1. The summed E-state index contributed by atoms with van der Waals surface area (Å²) < 4.78 is 0. The van der Waals surface area contributed by atoms with Gasteiger partial charge in [0.15, 0.2) is 0 Å². The molecule has 20 heavy (non-hydrogen) atoms. The van der Waals surface area contributed by atoms with Crippen molar-refractivity contribution in [2.24, 2.45) is 0 Å².